The molecule has 0 bridgehead atoms. The van der Waals surface area contributed by atoms with Crippen LogP contribution in [0.1, 0.15) is 52.9 Å². The fourth-order valence-electron chi connectivity index (χ4n) is 3.82. The molecule has 2 aliphatic rings. The van der Waals surface area contributed by atoms with Gasteiger partial charge in [0.05, 0.1) is 11.7 Å². The lowest BCUT2D eigenvalue weighted by Gasteiger charge is -2.37. The maximum atomic E-state index is 12.7. The second kappa shape index (κ2) is 5.35. The van der Waals surface area contributed by atoms with E-state index in [4.69, 9.17) is 0 Å². The third-order valence-corrected chi connectivity index (χ3v) is 4.77. The molecule has 1 saturated heterocycles. The van der Waals surface area contributed by atoms with Crippen molar-refractivity contribution in [2.45, 2.75) is 64.5 Å². The predicted molar refractivity (Wildman–Crippen MR) is 83.3 cm³/mol. The zero-order chi connectivity index (χ0) is 15.0. The summed E-state index contributed by atoms with van der Waals surface area (Å²) in [5.74, 6) is 1.50. The van der Waals surface area contributed by atoms with Crippen molar-refractivity contribution in [1.29, 1.82) is 0 Å². The Morgan fingerprint density at radius 3 is 2.81 bits per heavy atom. The Morgan fingerprint density at radius 2 is 2.05 bits per heavy atom. The van der Waals surface area contributed by atoms with E-state index in [2.05, 4.69) is 36.1 Å². The minimum atomic E-state index is -0.135. The van der Waals surface area contributed by atoms with E-state index in [0.717, 1.165) is 31.1 Å². The molecule has 2 atom stereocenters. The SMILES string of the molecule is CC(C)(C)n1nccc1NC(=O)N1CCC[C@H]2CCC[C@H]21. The van der Waals surface area contributed by atoms with E-state index in [-0.39, 0.29) is 11.6 Å². The first-order chi connectivity index (χ1) is 9.97. The van der Waals surface area contributed by atoms with Gasteiger partial charge in [-0.05, 0) is 52.4 Å². The molecule has 116 valence electrons. The van der Waals surface area contributed by atoms with Gasteiger partial charge in [0.1, 0.15) is 5.82 Å². The molecule has 1 aromatic heterocycles. The van der Waals surface area contributed by atoms with E-state index < -0.39 is 0 Å². The number of nitrogens with one attached hydrogen (secondary N) is 1. The Bertz CT molecular complexity index is 517. The Balaban J connectivity index is 1.73. The number of anilines is 1. The van der Waals surface area contributed by atoms with E-state index in [1.165, 1.54) is 19.3 Å². The summed E-state index contributed by atoms with van der Waals surface area (Å²) in [5.41, 5.74) is -0.135. The third-order valence-electron chi connectivity index (χ3n) is 4.77. The number of urea groups is 1. The lowest BCUT2D eigenvalue weighted by Crippen LogP contribution is -2.48. The molecule has 0 radical (unpaired) electrons. The molecule has 1 saturated carbocycles. The smallest absolute Gasteiger partial charge is 0.321 e. The van der Waals surface area contributed by atoms with Crippen LogP contribution in [0, 0.1) is 5.92 Å². The first kappa shape index (κ1) is 14.4. The summed E-state index contributed by atoms with van der Waals surface area (Å²) in [5, 5.41) is 7.40. The molecular weight excluding hydrogens is 264 g/mol. The summed E-state index contributed by atoms with van der Waals surface area (Å²) >= 11 is 0. The molecule has 5 heteroatoms. The topological polar surface area (TPSA) is 50.2 Å². The van der Waals surface area contributed by atoms with Gasteiger partial charge in [-0.15, -0.1) is 0 Å². The van der Waals surface area contributed by atoms with Crippen LogP contribution >= 0.6 is 0 Å². The highest BCUT2D eigenvalue weighted by atomic mass is 16.2. The quantitative estimate of drug-likeness (QED) is 0.861. The summed E-state index contributed by atoms with van der Waals surface area (Å²) in [7, 11) is 0. The molecular formula is C16H26N4O. The maximum Gasteiger partial charge on any atom is 0.323 e. The fraction of sp³-hybridized carbons (Fsp3) is 0.750. The van der Waals surface area contributed by atoms with E-state index >= 15 is 0 Å². The Labute approximate surface area is 126 Å². The fourth-order valence-corrected chi connectivity index (χ4v) is 3.82. The van der Waals surface area contributed by atoms with Crippen molar-refractivity contribution < 1.29 is 4.79 Å². The maximum absolute atomic E-state index is 12.7. The molecule has 2 heterocycles. The lowest BCUT2D eigenvalue weighted by molar-refractivity contribution is 0.138. The summed E-state index contributed by atoms with van der Waals surface area (Å²) in [6.45, 7) is 7.15. The highest BCUT2D eigenvalue weighted by Crippen LogP contribution is 2.37. The van der Waals surface area contributed by atoms with Gasteiger partial charge in [-0.2, -0.15) is 5.10 Å². The monoisotopic (exact) mass is 290 g/mol. The van der Waals surface area contributed by atoms with Crippen molar-refractivity contribution in [3.63, 3.8) is 0 Å². The molecule has 0 aromatic carbocycles. The number of rotatable bonds is 1. The molecule has 21 heavy (non-hydrogen) atoms. The Kier molecular flexibility index (Phi) is 3.68. The van der Waals surface area contributed by atoms with E-state index in [1.807, 2.05) is 10.7 Å². The van der Waals surface area contributed by atoms with Crippen molar-refractivity contribution in [2.24, 2.45) is 5.92 Å². The molecule has 2 amide bonds. The molecule has 0 spiro atoms. The van der Waals surface area contributed by atoms with E-state index in [0.29, 0.717) is 6.04 Å². The first-order valence-electron chi connectivity index (χ1n) is 8.09. The van der Waals surface area contributed by atoms with Crippen LogP contribution in [0.4, 0.5) is 10.6 Å². The summed E-state index contributed by atoms with van der Waals surface area (Å²) in [6, 6.07) is 2.36. The minimum absolute atomic E-state index is 0.0394. The van der Waals surface area contributed by atoms with Gasteiger partial charge in [-0.1, -0.05) is 6.42 Å². The van der Waals surface area contributed by atoms with Crippen LogP contribution < -0.4 is 5.32 Å². The van der Waals surface area contributed by atoms with Crippen LogP contribution in [-0.2, 0) is 5.54 Å². The Hall–Kier alpha value is -1.52. The van der Waals surface area contributed by atoms with Gasteiger partial charge in [-0.3, -0.25) is 5.32 Å². The average molecular weight is 290 g/mol. The van der Waals surface area contributed by atoms with Crippen LogP contribution in [0.2, 0.25) is 0 Å². The van der Waals surface area contributed by atoms with E-state index in [1.54, 1.807) is 6.20 Å². The van der Waals surface area contributed by atoms with Gasteiger partial charge in [0, 0.05) is 18.7 Å². The number of likely N-dealkylation sites (tertiary alicyclic amines) is 1. The largest absolute Gasteiger partial charge is 0.323 e. The van der Waals surface area contributed by atoms with Crippen molar-refractivity contribution in [2.75, 3.05) is 11.9 Å². The van der Waals surface area contributed by atoms with Gasteiger partial charge in [0.15, 0.2) is 0 Å². The van der Waals surface area contributed by atoms with Crippen LogP contribution in [-0.4, -0.2) is 33.3 Å². The third kappa shape index (κ3) is 2.78. The number of hydrogen-bond donors (Lipinski definition) is 1. The molecule has 1 aliphatic carbocycles. The average Bonchev–Trinajstić information content (AvgIpc) is 3.04. The van der Waals surface area contributed by atoms with Gasteiger partial charge < -0.3 is 4.90 Å². The second-order valence-corrected chi connectivity index (χ2v) is 7.32. The van der Waals surface area contributed by atoms with Gasteiger partial charge in [0.2, 0.25) is 0 Å². The van der Waals surface area contributed by atoms with Gasteiger partial charge in [-0.25, -0.2) is 9.48 Å². The van der Waals surface area contributed by atoms with E-state index in [9.17, 15) is 4.79 Å². The molecule has 5 nitrogen and oxygen atoms in total. The number of nitrogens with zero attached hydrogens (tertiary/aromatic N) is 3. The number of amides is 2. The van der Waals surface area contributed by atoms with Crippen LogP contribution in [0.3, 0.4) is 0 Å². The highest BCUT2D eigenvalue weighted by Gasteiger charge is 2.37. The van der Waals surface area contributed by atoms with Gasteiger partial charge in [0.25, 0.3) is 0 Å². The van der Waals surface area contributed by atoms with Crippen molar-refractivity contribution in [1.82, 2.24) is 14.7 Å². The number of piperidine rings is 1. The number of aromatic nitrogens is 2. The predicted octanol–water partition coefficient (Wildman–Crippen LogP) is 3.43. The van der Waals surface area contributed by atoms with Crippen LogP contribution in [0.25, 0.3) is 0 Å². The molecule has 1 aliphatic heterocycles. The number of fused-ring (bicyclic) bond motifs is 1. The molecule has 1 aromatic rings. The van der Waals surface area contributed by atoms with Gasteiger partial charge >= 0.3 is 6.03 Å². The summed E-state index contributed by atoms with van der Waals surface area (Å²) in [4.78, 5) is 14.7. The lowest BCUT2D eigenvalue weighted by atomic mass is 9.92. The van der Waals surface area contributed by atoms with Crippen molar-refractivity contribution >= 4 is 11.8 Å². The first-order valence-corrected chi connectivity index (χ1v) is 8.09. The van der Waals surface area contributed by atoms with Crippen LogP contribution in [0.5, 0.6) is 0 Å². The second-order valence-electron chi connectivity index (χ2n) is 7.32. The molecule has 3 rings (SSSR count). The normalized spacial score (nSPS) is 25.8. The standard InChI is InChI=1S/C16H26N4O/c1-16(2,3)20-14(9-10-17-20)18-15(21)19-11-5-7-12-6-4-8-13(12)19/h9-10,12-13H,4-8,11H2,1-3H3,(H,18,21)/t12-,13-/m1/s1. The zero-order valence-electron chi connectivity index (χ0n) is 13.3. The minimum Gasteiger partial charge on any atom is -0.321 e. The van der Waals surface area contributed by atoms with Crippen molar-refractivity contribution in [3.05, 3.63) is 12.3 Å². The summed E-state index contributed by atoms with van der Waals surface area (Å²) in [6.07, 6.45) is 7.88. The highest BCUT2D eigenvalue weighted by molar-refractivity contribution is 5.88. The molecule has 0 unspecified atom stereocenters. The number of carbonyl (C=O) groups is 1. The zero-order valence-corrected chi connectivity index (χ0v) is 13.3. The summed E-state index contributed by atoms with van der Waals surface area (Å²) < 4.78 is 1.88. The molecule has 1 N–H and O–H groups in total. The van der Waals surface area contributed by atoms with Crippen molar-refractivity contribution in [3.8, 4) is 0 Å². The molecule has 2 fully saturated rings. The van der Waals surface area contributed by atoms with Crippen LogP contribution in [0.15, 0.2) is 12.3 Å². The Morgan fingerprint density at radius 1 is 1.29 bits per heavy atom. The number of hydrogen-bond acceptors (Lipinski definition) is 2. The number of carbonyl (C=O) groups excluding carboxylic acids is 1.